The molecule has 0 bridgehead atoms. The number of aromatic nitrogens is 2. The molecule has 2 aromatic rings. The van der Waals surface area contributed by atoms with Gasteiger partial charge in [0.1, 0.15) is 5.82 Å². The maximum absolute atomic E-state index is 13.3. The van der Waals surface area contributed by atoms with Crippen molar-refractivity contribution in [1.82, 2.24) is 15.1 Å². The van der Waals surface area contributed by atoms with Crippen molar-refractivity contribution < 1.29 is 4.39 Å². The first-order chi connectivity index (χ1) is 8.61. The zero-order valence-corrected chi connectivity index (χ0v) is 11.1. The molecule has 0 amide bonds. The van der Waals surface area contributed by atoms with E-state index in [1.807, 2.05) is 13.8 Å². The van der Waals surface area contributed by atoms with Gasteiger partial charge in [-0.2, -0.15) is 5.10 Å². The predicted molar refractivity (Wildman–Crippen MR) is 70.6 cm³/mol. The molecule has 0 aliphatic carbocycles. The molecule has 0 saturated carbocycles. The van der Waals surface area contributed by atoms with Gasteiger partial charge in [-0.05, 0) is 37.2 Å². The van der Waals surface area contributed by atoms with Gasteiger partial charge in [0, 0.05) is 12.7 Å². The Balaban J connectivity index is 2.42. The molecule has 0 aliphatic heterocycles. The average Bonchev–Trinajstić information content (AvgIpc) is 2.67. The quantitative estimate of drug-likeness (QED) is 0.923. The molecule has 0 aliphatic rings. The molecule has 18 heavy (non-hydrogen) atoms. The Morgan fingerprint density at radius 1 is 1.44 bits per heavy atom. The molecule has 0 fully saturated rings. The Morgan fingerprint density at radius 2 is 2.22 bits per heavy atom. The Hall–Kier alpha value is -1.39. The van der Waals surface area contributed by atoms with E-state index in [9.17, 15) is 4.39 Å². The number of benzene rings is 1. The van der Waals surface area contributed by atoms with Gasteiger partial charge in [0.15, 0.2) is 0 Å². The van der Waals surface area contributed by atoms with Crippen LogP contribution in [0, 0.1) is 12.7 Å². The molecule has 3 nitrogen and oxygen atoms in total. The van der Waals surface area contributed by atoms with Crippen LogP contribution in [0.25, 0.3) is 5.69 Å². The molecule has 1 aromatic carbocycles. The van der Waals surface area contributed by atoms with Crippen LogP contribution in [0.1, 0.15) is 18.2 Å². The van der Waals surface area contributed by atoms with E-state index in [1.165, 1.54) is 12.1 Å². The average molecular weight is 268 g/mol. The number of nitrogens with zero attached hydrogens (tertiary/aromatic N) is 2. The van der Waals surface area contributed by atoms with Crippen LogP contribution in [0.5, 0.6) is 0 Å². The lowest BCUT2D eigenvalue weighted by atomic mass is 10.1. The Labute approximate surface area is 111 Å². The fourth-order valence-corrected chi connectivity index (χ4v) is 1.87. The van der Waals surface area contributed by atoms with E-state index in [0.29, 0.717) is 11.6 Å². The predicted octanol–water partition coefficient (Wildman–Crippen LogP) is 3.08. The van der Waals surface area contributed by atoms with Crippen LogP contribution >= 0.6 is 11.6 Å². The Bertz CT molecular complexity index is 532. The highest BCUT2D eigenvalue weighted by atomic mass is 35.5. The van der Waals surface area contributed by atoms with Crippen molar-refractivity contribution >= 4 is 11.6 Å². The number of nitrogens with one attached hydrogen (secondary N) is 1. The third kappa shape index (κ3) is 2.71. The summed E-state index contributed by atoms with van der Waals surface area (Å²) < 4.78 is 15.0. The molecule has 0 atom stereocenters. The van der Waals surface area contributed by atoms with E-state index >= 15 is 0 Å². The summed E-state index contributed by atoms with van der Waals surface area (Å²) in [6.07, 6.45) is 1.74. The molecule has 96 valence electrons. The molecule has 0 saturated heterocycles. The highest BCUT2D eigenvalue weighted by molar-refractivity contribution is 6.31. The van der Waals surface area contributed by atoms with E-state index in [2.05, 4.69) is 10.4 Å². The van der Waals surface area contributed by atoms with Crippen molar-refractivity contribution in [2.45, 2.75) is 20.4 Å². The number of rotatable bonds is 4. The Kier molecular flexibility index (Phi) is 3.99. The summed E-state index contributed by atoms with van der Waals surface area (Å²) in [6.45, 7) is 5.27. The van der Waals surface area contributed by atoms with Crippen LogP contribution in [0.2, 0.25) is 5.02 Å². The van der Waals surface area contributed by atoms with Crippen LogP contribution < -0.4 is 5.32 Å². The molecule has 1 heterocycles. The van der Waals surface area contributed by atoms with Crippen LogP contribution in [0.3, 0.4) is 0 Å². The van der Waals surface area contributed by atoms with Gasteiger partial charge in [0.05, 0.1) is 16.4 Å². The van der Waals surface area contributed by atoms with Gasteiger partial charge in [-0.15, -0.1) is 0 Å². The smallest absolute Gasteiger partial charge is 0.123 e. The maximum Gasteiger partial charge on any atom is 0.123 e. The number of halogens is 2. The molecule has 0 unspecified atom stereocenters. The number of hydrogen-bond donors (Lipinski definition) is 1. The van der Waals surface area contributed by atoms with Crippen LogP contribution in [0.15, 0.2) is 24.4 Å². The van der Waals surface area contributed by atoms with Gasteiger partial charge >= 0.3 is 0 Å². The molecule has 5 heteroatoms. The molecule has 1 aromatic heterocycles. The fraction of sp³-hybridized carbons (Fsp3) is 0.308. The first-order valence-corrected chi connectivity index (χ1v) is 6.21. The van der Waals surface area contributed by atoms with Crippen molar-refractivity contribution in [3.05, 3.63) is 46.5 Å². The van der Waals surface area contributed by atoms with E-state index in [1.54, 1.807) is 16.9 Å². The second-order valence-corrected chi connectivity index (χ2v) is 4.47. The van der Waals surface area contributed by atoms with Crippen molar-refractivity contribution in [2.24, 2.45) is 0 Å². The SMILES string of the molecule is CCNCc1cc(F)ccc1-n1cc(Cl)c(C)n1. The molecular formula is C13H15ClFN3. The van der Waals surface area contributed by atoms with Crippen molar-refractivity contribution in [3.63, 3.8) is 0 Å². The van der Waals surface area contributed by atoms with Crippen LogP contribution in [0.4, 0.5) is 4.39 Å². The summed E-state index contributed by atoms with van der Waals surface area (Å²) >= 11 is 5.99. The van der Waals surface area contributed by atoms with E-state index < -0.39 is 0 Å². The first-order valence-electron chi connectivity index (χ1n) is 5.83. The standard InChI is InChI=1S/C13H15ClFN3/c1-3-16-7-10-6-11(15)4-5-13(10)18-8-12(14)9(2)17-18/h4-6,8,16H,3,7H2,1-2H3. The summed E-state index contributed by atoms with van der Waals surface area (Å²) in [7, 11) is 0. The zero-order valence-electron chi connectivity index (χ0n) is 10.4. The molecular weight excluding hydrogens is 253 g/mol. The minimum absolute atomic E-state index is 0.248. The second kappa shape index (κ2) is 5.50. The van der Waals surface area contributed by atoms with Gasteiger partial charge in [0.25, 0.3) is 0 Å². The lowest BCUT2D eigenvalue weighted by molar-refractivity contribution is 0.620. The normalized spacial score (nSPS) is 10.9. The summed E-state index contributed by atoms with van der Waals surface area (Å²) in [5, 5.41) is 8.10. The summed E-state index contributed by atoms with van der Waals surface area (Å²) in [6, 6.07) is 4.66. The minimum atomic E-state index is -0.248. The van der Waals surface area contributed by atoms with Crippen molar-refractivity contribution in [3.8, 4) is 5.69 Å². The maximum atomic E-state index is 13.3. The molecule has 0 radical (unpaired) electrons. The van der Waals surface area contributed by atoms with Crippen molar-refractivity contribution in [1.29, 1.82) is 0 Å². The van der Waals surface area contributed by atoms with E-state index in [0.717, 1.165) is 23.5 Å². The zero-order chi connectivity index (χ0) is 13.1. The second-order valence-electron chi connectivity index (χ2n) is 4.06. The lowest BCUT2D eigenvalue weighted by Crippen LogP contribution is -2.14. The van der Waals surface area contributed by atoms with Crippen molar-refractivity contribution in [2.75, 3.05) is 6.54 Å². The van der Waals surface area contributed by atoms with E-state index in [4.69, 9.17) is 11.6 Å². The molecule has 0 spiro atoms. The van der Waals surface area contributed by atoms with Gasteiger partial charge in [-0.3, -0.25) is 0 Å². The third-order valence-electron chi connectivity index (χ3n) is 2.69. The van der Waals surface area contributed by atoms with Crippen LogP contribution in [-0.4, -0.2) is 16.3 Å². The Morgan fingerprint density at radius 3 is 2.83 bits per heavy atom. The molecule has 1 N–H and O–H groups in total. The van der Waals surface area contributed by atoms with Gasteiger partial charge < -0.3 is 5.32 Å². The number of hydrogen-bond acceptors (Lipinski definition) is 2. The van der Waals surface area contributed by atoms with Crippen LogP contribution in [-0.2, 0) is 6.54 Å². The highest BCUT2D eigenvalue weighted by Gasteiger charge is 2.09. The van der Waals surface area contributed by atoms with Gasteiger partial charge in [0.2, 0.25) is 0 Å². The van der Waals surface area contributed by atoms with Gasteiger partial charge in [-0.1, -0.05) is 18.5 Å². The summed E-state index contributed by atoms with van der Waals surface area (Å²) in [5.41, 5.74) is 2.46. The first kappa shape index (κ1) is 13.1. The number of aryl methyl sites for hydroxylation is 1. The lowest BCUT2D eigenvalue weighted by Gasteiger charge is -2.10. The largest absolute Gasteiger partial charge is 0.313 e. The summed E-state index contributed by atoms with van der Waals surface area (Å²) in [4.78, 5) is 0. The minimum Gasteiger partial charge on any atom is -0.313 e. The topological polar surface area (TPSA) is 29.9 Å². The fourth-order valence-electron chi connectivity index (χ4n) is 1.74. The summed E-state index contributed by atoms with van der Waals surface area (Å²) in [5.74, 6) is -0.248. The monoisotopic (exact) mass is 267 g/mol. The highest BCUT2D eigenvalue weighted by Crippen LogP contribution is 2.20. The molecule has 2 rings (SSSR count). The third-order valence-corrected chi connectivity index (χ3v) is 3.06. The van der Waals surface area contributed by atoms with Gasteiger partial charge in [-0.25, -0.2) is 9.07 Å². The van der Waals surface area contributed by atoms with E-state index in [-0.39, 0.29) is 5.82 Å².